The van der Waals surface area contributed by atoms with Crippen molar-refractivity contribution < 1.29 is 8.23 Å². The molecule has 52 valence electrons. The van der Waals surface area contributed by atoms with Gasteiger partial charge < -0.3 is 8.23 Å². The van der Waals surface area contributed by atoms with Gasteiger partial charge in [-0.25, -0.2) is 0 Å². The predicted octanol–water partition coefficient (Wildman–Crippen LogP) is -3.17. The maximum atomic E-state index is 5.03. The Bertz CT molecular complexity index is 33.2. The molecule has 0 aliphatic rings. The van der Waals surface area contributed by atoms with E-state index in [0.29, 0.717) is 0 Å². The van der Waals surface area contributed by atoms with Gasteiger partial charge in [-0.3, -0.25) is 0 Å². The molecule has 0 spiro atoms. The van der Waals surface area contributed by atoms with E-state index in [-0.39, 0.29) is 0 Å². The Morgan fingerprint density at radius 1 is 1.12 bits per heavy atom. The number of rotatable bonds is 1. The Morgan fingerprint density at radius 3 is 1.25 bits per heavy atom. The van der Waals surface area contributed by atoms with Crippen molar-refractivity contribution >= 4 is 40.5 Å². The molecule has 0 heterocycles. The van der Waals surface area contributed by atoms with Gasteiger partial charge in [-0.2, -0.15) is 0 Å². The molecule has 0 unspecified atom stereocenters. The fraction of sp³-hybridized carbons (Fsp3) is 1.00. The maximum absolute atomic E-state index is 5.03. The molecule has 0 atom stereocenters. The molecule has 0 rings (SSSR count). The summed E-state index contributed by atoms with van der Waals surface area (Å²) < 4.78 is 9.56. The third-order valence-electron chi connectivity index (χ3n) is 0.471. The van der Waals surface area contributed by atoms with Gasteiger partial charge in [0.05, 0.1) is 0 Å². The van der Waals surface area contributed by atoms with Gasteiger partial charge in [0.2, 0.25) is 0 Å². The van der Waals surface area contributed by atoms with Gasteiger partial charge in [0.15, 0.2) is 9.04 Å². The summed E-state index contributed by atoms with van der Waals surface area (Å²) in [4.78, 5) is 0. The van der Waals surface area contributed by atoms with Gasteiger partial charge in [0, 0.05) is 0 Å². The van der Waals surface area contributed by atoms with Crippen molar-refractivity contribution in [3.8, 4) is 0 Å². The molecule has 0 saturated heterocycles. The van der Waals surface area contributed by atoms with Crippen molar-refractivity contribution in [3.05, 3.63) is 0 Å². The number of hydrogen-bond donors (Lipinski definition) is 0. The summed E-state index contributed by atoms with van der Waals surface area (Å²) in [5.74, 6) is 0. The lowest BCUT2D eigenvalue weighted by Crippen LogP contribution is -2.02. The molecule has 0 aromatic carbocycles. The summed E-state index contributed by atoms with van der Waals surface area (Å²) in [6, 6.07) is 0. The Hall–Kier alpha value is 0.788. The van der Waals surface area contributed by atoms with Crippen LogP contribution in [0.2, 0.25) is 13.1 Å². The highest BCUT2D eigenvalue weighted by Gasteiger charge is 1.82. The highest BCUT2D eigenvalue weighted by Crippen LogP contribution is 1.72. The van der Waals surface area contributed by atoms with Crippen LogP contribution in [0.5, 0.6) is 0 Å². The quantitative estimate of drug-likeness (QED) is 0.401. The summed E-state index contributed by atoms with van der Waals surface area (Å²) in [6.07, 6.45) is 0. The van der Waals surface area contributed by atoms with Gasteiger partial charge >= 0.3 is 0 Å². The van der Waals surface area contributed by atoms with Gasteiger partial charge in [-0.05, 0) is 13.1 Å². The fourth-order valence-corrected chi connectivity index (χ4v) is 0. The first-order chi connectivity index (χ1) is 3.68. The van der Waals surface area contributed by atoms with Crippen LogP contribution < -0.4 is 0 Å². The Morgan fingerprint density at radius 2 is 1.25 bits per heavy atom. The van der Waals surface area contributed by atoms with Gasteiger partial charge in [0.1, 0.15) is 31.5 Å². The summed E-state index contributed by atoms with van der Waals surface area (Å²) in [5.41, 5.74) is 0. The molecular weight excluding hydrogens is 168 g/mol. The fourth-order valence-electron chi connectivity index (χ4n) is 0. The first kappa shape index (κ1) is 11.6. The molecule has 0 aromatic rings. The minimum Gasteiger partial charge on any atom is -0.471 e. The first-order valence-electron chi connectivity index (χ1n) is 2.62. The van der Waals surface area contributed by atoms with Gasteiger partial charge in [0.25, 0.3) is 0 Å². The summed E-state index contributed by atoms with van der Waals surface area (Å²) in [6.45, 7) is 4.35. The maximum Gasteiger partial charge on any atom is 0.156 e. The van der Waals surface area contributed by atoms with Crippen LogP contribution in [0.1, 0.15) is 0 Å². The molecule has 2 nitrogen and oxygen atoms in total. The standard InChI is InChI=1S/C2H10OSi2.H6OSi2/c1-5(2)3-4;2-1-3/h5H,1-2,4H3;2-3H3. The summed E-state index contributed by atoms with van der Waals surface area (Å²) in [7, 11) is 2.21. The van der Waals surface area contributed by atoms with Crippen LogP contribution in [-0.2, 0) is 8.23 Å². The van der Waals surface area contributed by atoms with E-state index < -0.39 is 9.04 Å². The Balaban J connectivity index is 0. The first-order valence-corrected chi connectivity index (χ1v) is 7.85. The van der Waals surface area contributed by atoms with Crippen LogP contribution in [0.3, 0.4) is 0 Å². The van der Waals surface area contributed by atoms with E-state index >= 15 is 0 Å². The zero-order chi connectivity index (χ0) is 6.99. The van der Waals surface area contributed by atoms with Crippen molar-refractivity contribution in [1.82, 2.24) is 0 Å². The lowest BCUT2D eigenvalue weighted by atomic mass is 11.9. The van der Waals surface area contributed by atoms with E-state index in [1.807, 2.05) is 0 Å². The predicted molar refractivity (Wildman–Crippen MR) is 50.9 cm³/mol. The highest BCUT2D eigenvalue weighted by atomic mass is 28.3. The molecule has 0 aliphatic carbocycles. The van der Waals surface area contributed by atoms with Gasteiger partial charge in [-0.1, -0.05) is 0 Å². The lowest BCUT2D eigenvalue weighted by Gasteiger charge is -1.93. The molecule has 6 heteroatoms. The highest BCUT2D eigenvalue weighted by molar-refractivity contribution is 6.52. The van der Waals surface area contributed by atoms with Crippen molar-refractivity contribution in [2.24, 2.45) is 0 Å². The smallest absolute Gasteiger partial charge is 0.156 e. The monoisotopic (exact) mass is 184 g/mol. The van der Waals surface area contributed by atoms with Crippen molar-refractivity contribution in [3.63, 3.8) is 0 Å². The van der Waals surface area contributed by atoms with E-state index in [4.69, 9.17) is 4.12 Å². The van der Waals surface area contributed by atoms with E-state index in [1.165, 1.54) is 0 Å². The van der Waals surface area contributed by atoms with Crippen LogP contribution in [0.4, 0.5) is 0 Å². The molecular formula is C2H16O2Si4. The van der Waals surface area contributed by atoms with E-state index in [0.717, 1.165) is 31.5 Å². The second-order valence-electron chi connectivity index (χ2n) is 1.69. The second-order valence-corrected chi connectivity index (χ2v) is 8.94. The van der Waals surface area contributed by atoms with Crippen molar-refractivity contribution in [1.29, 1.82) is 0 Å². The minimum absolute atomic E-state index is 0.588. The van der Waals surface area contributed by atoms with Crippen LogP contribution in [-0.4, -0.2) is 40.5 Å². The van der Waals surface area contributed by atoms with Crippen molar-refractivity contribution in [2.75, 3.05) is 0 Å². The number of hydrogen-bond acceptors (Lipinski definition) is 2. The summed E-state index contributed by atoms with van der Waals surface area (Å²) in [5, 5.41) is 0. The third kappa shape index (κ3) is 29.3. The van der Waals surface area contributed by atoms with Gasteiger partial charge in [-0.15, -0.1) is 0 Å². The van der Waals surface area contributed by atoms with E-state index in [1.54, 1.807) is 0 Å². The lowest BCUT2D eigenvalue weighted by molar-refractivity contribution is 0.647. The third-order valence-corrected chi connectivity index (χ3v) is 4.24. The Labute approximate surface area is 62.3 Å². The topological polar surface area (TPSA) is 18.5 Å². The minimum atomic E-state index is -0.588. The SMILES string of the molecule is C[SiH](C)O[SiH3].[SiH3]O[SiH3]. The molecule has 0 aliphatic heterocycles. The average Bonchev–Trinajstić information content (AvgIpc) is 1.69. The van der Waals surface area contributed by atoms with Crippen molar-refractivity contribution in [2.45, 2.75) is 13.1 Å². The zero-order valence-corrected chi connectivity index (χ0v) is 13.5. The van der Waals surface area contributed by atoms with Crippen LogP contribution in [0.15, 0.2) is 0 Å². The van der Waals surface area contributed by atoms with Crippen LogP contribution in [0, 0.1) is 0 Å². The largest absolute Gasteiger partial charge is 0.471 e. The van der Waals surface area contributed by atoms with E-state index in [2.05, 4.69) is 17.2 Å². The molecule has 0 amide bonds. The normalized spacial score (nSPS) is 9.38. The summed E-state index contributed by atoms with van der Waals surface area (Å²) >= 11 is 0. The molecule has 0 bridgehead atoms. The molecule has 0 N–H and O–H groups in total. The molecule has 0 fully saturated rings. The van der Waals surface area contributed by atoms with Crippen LogP contribution >= 0.6 is 0 Å². The van der Waals surface area contributed by atoms with Crippen LogP contribution in [0.25, 0.3) is 0 Å². The molecule has 0 aromatic heterocycles. The second kappa shape index (κ2) is 10.7. The zero-order valence-electron chi connectivity index (χ0n) is 6.39. The average molecular weight is 184 g/mol. The molecule has 0 radical (unpaired) electrons. The molecule has 8 heavy (non-hydrogen) atoms. The Kier molecular flexibility index (Phi) is 15.5. The molecule has 0 saturated carbocycles. The van der Waals surface area contributed by atoms with E-state index in [9.17, 15) is 0 Å².